The lowest BCUT2D eigenvalue weighted by Gasteiger charge is -2.25. The minimum atomic E-state index is -0.928. The van der Waals surface area contributed by atoms with Crippen molar-refractivity contribution in [2.75, 3.05) is 26.0 Å². The Balaban J connectivity index is 2.91. The van der Waals surface area contributed by atoms with Gasteiger partial charge in [-0.25, -0.2) is 10.3 Å². The van der Waals surface area contributed by atoms with Gasteiger partial charge in [0.2, 0.25) is 17.7 Å². The highest BCUT2D eigenvalue weighted by Gasteiger charge is 2.29. The van der Waals surface area contributed by atoms with Gasteiger partial charge >= 0.3 is 6.03 Å². The number of carbonyl (C=O) groups is 5. The van der Waals surface area contributed by atoms with Gasteiger partial charge in [0.1, 0.15) is 17.9 Å². The van der Waals surface area contributed by atoms with Crippen molar-refractivity contribution in [2.45, 2.75) is 58.7 Å². The van der Waals surface area contributed by atoms with E-state index < -0.39 is 29.8 Å². The van der Waals surface area contributed by atoms with Crippen molar-refractivity contribution in [1.29, 1.82) is 0 Å². The van der Waals surface area contributed by atoms with Crippen LogP contribution in [0, 0.1) is 5.92 Å². The summed E-state index contributed by atoms with van der Waals surface area (Å²) in [7, 11) is 3.15. The number of nitrogens with one attached hydrogen (secondary N) is 6. The molecule has 0 fully saturated rings. The molecule has 0 aliphatic carbocycles. The highest BCUT2D eigenvalue weighted by molar-refractivity contribution is 6.00. The molecule has 0 heterocycles. The van der Waals surface area contributed by atoms with E-state index in [9.17, 15) is 24.0 Å². The largest absolute Gasteiger partial charge is 0.344 e. The van der Waals surface area contributed by atoms with Crippen LogP contribution in [0.2, 0.25) is 0 Å². The molecular formula is C24H38N6O6. The summed E-state index contributed by atoms with van der Waals surface area (Å²) in [6.07, 6.45) is 0.317. The Bertz CT molecular complexity index is 890. The monoisotopic (exact) mass is 506 g/mol. The van der Waals surface area contributed by atoms with Gasteiger partial charge in [-0.15, -0.1) is 0 Å². The minimum Gasteiger partial charge on any atom is -0.344 e. The third-order valence-electron chi connectivity index (χ3n) is 5.09. The van der Waals surface area contributed by atoms with Crippen LogP contribution in [0.4, 0.5) is 10.5 Å². The molecule has 0 saturated heterocycles. The smallest absolute Gasteiger partial charge is 0.314 e. The average Bonchev–Trinajstić information content (AvgIpc) is 2.82. The van der Waals surface area contributed by atoms with Gasteiger partial charge in [-0.3, -0.25) is 24.0 Å². The van der Waals surface area contributed by atoms with Gasteiger partial charge in [-0.1, -0.05) is 26.0 Å². The summed E-state index contributed by atoms with van der Waals surface area (Å²) in [5.41, 5.74) is 4.02. The number of amides is 5. The summed E-state index contributed by atoms with van der Waals surface area (Å²) in [6.45, 7) is 5.44. The first kappa shape index (κ1) is 30.5. The van der Waals surface area contributed by atoms with Crippen molar-refractivity contribution in [2.24, 2.45) is 5.92 Å². The second kappa shape index (κ2) is 16.2. The molecule has 12 heteroatoms. The molecule has 1 rings (SSSR count). The number of anilines is 1. The number of hydrogen-bond donors (Lipinski definition) is 6. The second-order valence-electron chi connectivity index (χ2n) is 8.56. The highest BCUT2D eigenvalue weighted by Crippen LogP contribution is 2.12. The molecule has 0 radical (unpaired) electrons. The lowest BCUT2D eigenvalue weighted by Crippen LogP contribution is -2.54. The number of carbonyl (C=O) groups excluding carboxylic acids is 5. The molecule has 2 atom stereocenters. The van der Waals surface area contributed by atoms with Crippen LogP contribution in [0.1, 0.15) is 45.6 Å². The van der Waals surface area contributed by atoms with Gasteiger partial charge in [0.15, 0.2) is 0 Å². The van der Waals surface area contributed by atoms with E-state index in [0.717, 1.165) is 5.56 Å². The number of rotatable bonds is 15. The lowest BCUT2D eigenvalue weighted by atomic mass is 10.0. The minimum absolute atomic E-state index is 0.238. The predicted octanol–water partition coefficient (Wildman–Crippen LogP) is 0.590. The van der Waals surface area contributed by atoms with E-state index in [4.69, 9.17) is 4.84 Å². The van der Waals surface area contributed by atoms with Gasteiger partial charge in [0.05, 0.1) is 13.0 Å². The van der Waals surface area contributed by atoms with Crippen LogP contribution >= 0.6 is 0 Å². The van der Waals surface area contributed by atoms with E-state index in [2.05, 4.69) is 32.1 Å². The normalized spacial score (nSPS) is 12.3. The SMILES string of the molecule is CNOCc1ccc(NC(=O)[C@@H](CCCNC(=O)NC)NC(=O)[C@H](NC(=O)CC(C)=O)C(C)C)cc1. The van der Waals surface area contributed by atoms with Crippen LogP contribution in [0.5, 0.6) is 0 Å². The number of urea groups is 1. The first-order valence-electron chi connectivity index (χ1n) is 11.8. The zero-order valence-electron chi connectivity index (χ0n) is 21.5. The van der Waals surface area contributed by atoms with Crippen molar-refractivity contribution in [1.82, 2.24) is 26.7 Å². The Morgan fingerprint density at radius 1 is 0.944 bits per heavy atom. The standard InChI is InChI=1S/C24H38N6O6/c1-15(2)21(30-20(32)13-16(3)31)23(34)29-19(7-6-12-27-24(35)25-4)22(33)28-18-10-8-17(9-11-18)14-36-26-5/h8-11,15,19,21,26H,6-7,12-14H2,1-5H3,(H,28,33)(H,29,34)(H,30,32)(H2,25,27,35)/t19-,21-/m1/s1. The van der Waals surface area contributed by atoms with Crippen LogP contribution in [-0.2, 0) is 30.6 Å². The molecule has 0 bridgehead atoms. The van der Waals surface area contributed by atoms with Gasteiger partial charge in [0, 0.05) is 26.3 Å². The van der Waals surface area contributed by atoms with Gasteiger partial charge in [0.25, 0.3) is 0 Å². The van der Waals surface area contributed by atoms with E-state index in [1.165, 1.54) is 14.0 Å². The number of Topliss-reactive ketones (excluding diaryl/α,β-unsaturated/α-hetero) is 1. The Hall–Kier alpha value is -3.51. The highest BCUT2D eigenvalue weighted by atomic mass is 16.6. The van der Waals surface area contributed by atoms with Crippen LogP contribution in [-0.4, -0.2) is 62.3 Å². The zero-order chi connectivity index (χ0) is 27.1. The molecule has 36 heavy (non-hydrogen) atoms. The van der Waals surface area contributed by atoms with Crippen molar-refractivity contribution < 1.29 is 28.8 Å². The lowest BCUT2D eigenvalue weighted by molar-refractivity contribution is -0.133. The maximum absolute atomic E-state index is 13.1. The molecule has 0 aromatic heterocycles. The fourth-order valence-corrected chi connectivity index (χ4v) is 3.18. The second-order valence-corrected chi connectivity index (χ2v) is 8.56. The first-order valence-corrected chi connectivity index (χ1v) is 11.8. The molecule has 0 saturated carbocycles. The van der Waals surface area contributed by atoms with Crippen molar-refractivity contribution >= 4 is 35.2 Å². The summed E-state index contributed by atoms with van der Waals surface area (Å²) in [5.74, 6) is -2.15. The quantitative estimate of drug-likeness (QED) is 0.115. The van der Waals surface area contributed by atoms with E-state index in [-0.39, 0.29) is 30.6 Å². The molecule has 0 unspecified atom stereocenters. The van der Waals surface area contributed by atoms with Crippen LogP contribution in [0.3, 0.4) is 0 Å². The van der Waals surface area contributed by atoms with E-state index in [0.29, 0.717) is 25.3 Å². The molecule has 0 aliphatic heterocycles. The predicted molar refractivity (Wildman–Crippen MR) is 135 cm³/mol. The summed E-state index contributed by atoms with van der Waals surface area (Å²) in [6, 6.07) is 4.83. The Labute approximate surface area is 211 Å². The Morgan fingerprint density at radius 2 is 1.61 bits per heavy atom. The van der Waals surface area contributed by atoms with Crippen LogP contribution in [0.25, 0.3) is 0 Å². The number of ketones is 1. The van der Waals surface area contributed by atoms with Crippen LogP contribution in [0.15, 0.2) is 24.3 Å². The summed E-state index contributed by atoms with van der Waals surface area (Å²) in [5, 5.41) is 13.1. The number of hydrogen-bond acceptors (Lipinski definition) is 7. The van der Waals surface area contributed by atoms with Gasteiger partial charge in [-0.05, 0) is 43.4 Å². The molecule has 0 aliphatic rings. The van der Waals surface area contributed by atoms with Crippen LogP contribution < -0.4 is 32.1 Å². The molecule has 0 spiro atoms. The van der Waals surface area contributed by atoms with Crippen molar-refractivity contribution in [3.8, 4) is 0 Å². The molecule has 1 aromatic rings. The zero-order valence-corrected chi connectivity index (χ0v) is 21.5. The summed E-state index contributed by atoms with van der Waals surface area (Å²) in [4.78, 5) is 65.9. The summed E-state index contributed by atoms with van der Waals surface area (Å²) < 4.78 is 0. The van der Waals surface area contributed by atoms with E-state index in [1.807, 2.05) is 0 Å². The molecule has 1 aromatic carbocycles. The maximum atomic E-state index is 13.1. The van der Waals surface area contributed by atoms with Gasteiger partial charge < -0.3 is 26.6 Å². The molecule has 200 valence electrons. The fourth-order valence-electron chi connectivity index (χ4n) is 3.18. The third-order valence-corrected chi connectivity index (χ3v) is 5.09. The first-order chi connectivity index (χ1) is 17.1. The van der Waals surface area contributed by atoms with E-state index >= 15 is 0 Å². The molecular weight excluding hydrogens is 468 g/mol. The van der Waals surface area contributed by atoms with Crippen molar-refractivity contribution in [3.63, 3.8) is 0 Å². The molecule has 12 nitrogen and oxygen atoms in total. The van der Waals surface area contributed by atoms with Gasteiger partial charge in [-0.2, -0.15) is 0 Å². The maximum Gasteiger partial charge on any atom is 0.314 e. The molecule has 6 N–H and O–H groups in total. The van der Waals surface area contributed by atoms with Crippen molar-refractivity contribution in [3.05, 3.63) is 29.8 Å². The van der Waals surface area contributed by atoms with E-state index in [1.54, 1.807) is 45.2 Å². The third kappa shape index (κ3) is 11.8. The Morgan fingerprint density at radius 3 is 2.17 bits per heavy atom. The average molecular weight is 507 g/mol. The summed E-state index contributed by atoms with van der Waals surface area (Å²) >= 11 is 0. The topological polar surface area (TPSA) is 167 Å². The number of benzene rings is 1. The fraction of sp³-hybridized carbons (Fsp3) is 0.542. The molecule has 5 amide bonds. The Kier molecular flexibility index (Phi) is 13.7. The number of hydroxylamine groups is 1.